The second kappa shape index (κ2) is 3.72. The van der Waals surface area contributed by atoms with Crippen LogP contribution in [0.25, 0.3) is 0 Å². The van der Waals surface area contributed by atoms with Gasteiger partial charge in [-0.3, -0.25) is 4.79 Å². The highest BCUT2D eigenvalue weighted by molar-refractivity contribution is 5.75. The molecular weight excluding hydrogens is 192 g/mol. The number of methoxy groups -OCH3 is 2. The van der Waals surface area contributed by atoms with Gasteiger partial charge in [0.2, 0.25) is 0 Å². The summed E-state index contributed by atoms with van der Waals surface area (Å²) in [6, 6.07) is 0. The first-order chi connectivity index (χ1) is 7.22. The summed E-state index contributed by atoms with van der Waals surface area (Å²) in [5.74, 6) is 1.58. The zero-order valence-corrected chi connectivity index (χ0v) is 9.10. The molecule has 0 aromatic heterocycles. The van der Waals surface area contributed by atoms with Crippen molar-refractivity contribution in [3.05, 3.63) is 24.5 Å². The number of rotatable bonds is 3. The number of carbonyl (C=O) groups excluding carboxylic acids is 1. The Bertz CT molecular complexity index is 319. The summed E-state index contributed by atoms with van der Waals surface area (Å²) in [4.78, 5) is 11.7. The molecule has 2 rings (SSSR count). The molecule has 15 heavy (non-hydrogen) atoms. The van der Waals surface area contributed by atoms with E-state index in [9.17, 15) is 4.79 Å². The third-order valence-corrected chi connectivity index (χ3v) is 3.57. The Morgan fingerprint density at radius 2 is 2.33 bits per heavy atom. The van der Waals surface area contributed by atoms with Gasteiger partial charge in [0.1, 0.15) is 0 Å². The van der Waals surface area contributed by atoms with Gasteiger partial charge in [0.05, 0.1) is 25.9 Å². The van der Waals surface area contributed by atoms with Crippen LogP contribution >= 0.6 is 0 Å². The van der Waals surface area contributed by atoms with Crippen LogP contribution in [-0.2, 0) is 14.3 Å². The minimum atomic E-state index is -0.143. The molecule has 0 amide bonds. The van der Waals surface area contributed by atoms with Gasteiger partial charge < -0.3 is 9.47 Å². The topological polar surface area (TPSA) is 35.5 Å². The van der Waals surface area contributed by atoms with Crippen LogP contribution in [0.3, 0.4) is 0 Å². The van der Waals surface area contributed by atoms with Crippen LogP contribution in [0, 0.1) is 23.7 Å². The molecule has 0 heterocycles. The van der Waals surface area contributed by atoms with Crippen LogP contribution in [0.15, 0.2) is 24.5 Å². The summed E-state index contributed by atoms with van der Waals surface area (Å²) in [7, 11) is 3.09. The van der Waals surface area contributed by atoms with Crippen molar-refractivity contribution < 1.29 is 14.3 Å². The average molecular weight is 208 g/mol. The third-order valence-electron chi connectivity index (χ3n) is 3.57. The summed E-state index contributed by atoms with van der Waals surface area (Å²) >= 11 is 0. The Morgan fingerprint density at radius 1 is 1.60 bits per heavy atom. The van der Waals surface area contributed by atoms with E-state index in [4.69, 9.17) is 9.47 Å². The van der Waals surface area contributed by atoms with Crippen molar-refractivity contribution in [1.82, 2.24) is 0 Å². The highest BCUT2D eigenvalue weighted by atomic mass is 16.5. The van der Waals surface area contributed by atoms with E-state index in [2.05, 4.69) is 12.7 Å². The van der Waals surface area contributed by atoms with Gasteiger partial charge >= 0.3 is 5.97 Å². The van der Waals surface area contributed by atoms with Crippen LogP contribution in [0.4, 0.5) is 0 Å². The summed E-state index contributed by atoms with van der Waals surface area (Å²) in [5.41, 5.74) is 0. The van der Waals surface area contributed by atoms with Crippen LogP contribution in [0.5, 0.6) is 0 Å². The van der Waals surface area contributed by atoms with Crippen LogP contribution < -0.4 is 0 Å². The van der Waals surface area contributed by atoms with Gasteiger partial charge in [-0.1, -0.05) is 6.08 Å². The number of hydrogen-bond donors (Lipinski definition) is 0. The molecule has 0 unspecified atom stereocenters. The maximum atomic E-state index is 11.7. The van der Waals surface area contributed by atoms with Gasteiger partial charge in [-0.15, -0.1) is 6.58 Å². The van der Waals surface area contributed by atoms with Crippen molar-refractivity contribution in [2.75, 3.05) is 14.2 Å². The van der Waals surface area contributed by atoms with Crippen molar-refractivity contribution in [3.8, 4) is 0 Å². The van der Waals surface area contributed by atoms with Crippen molar-refractivity contribution in [2.45, 2.75) is 6.42 Å². The largest absolute Gasteiger partial charge is 0.501 e. The molecule has 3 heteroatoms. The minimum Gasteiger partial charge on any atom is -0.501 e. The lowest BCUT2D eigenvalue weighted by atomic mass is 9.78. The highest BCUT2D eigenvalue weighted by Gasteiger charge is 2.52. The molecule has 0 radical (unpaired) electrons. The van der Waals surface area contributed by atoms with Crippen molar-refractivity contribution >= 4 is 5.97 Å². The molecule has 0 aliphatic heterocycles. The zero-order valence-electron chi connectivity index (χ0n) is 9.10. The summed E-state index contributed by atoms with van der Waals surface area (Å²) in [5, 5.41) is 0. The quantitative estimate of drug-likeness (QED) is 0.523. The van der Waals surface area contributed by atoms with Gasteiger partial charge in [0.25, 0.3) is 0 Å². The molecular formula is C12H16O3. The van der Waals surface area contributed by atoms with E-state index in [0.29, 0.717) is 5.92 Å². The Morgan fingerprint density at radius 3 is 2.87 bits per heavy atom. The molecule has 0 aromatic carbocycles. The lowest BCUT2D eigenvalue weighted by molar-refractivity contribution is -0.148. The SMILES string of the molecule is C=C[C@H]1C[C@H]2C=C(OC)[C@H]2[C@H]1C(=O)OC. The molecule has 4 atom stereocenters. The van der Waals surface area contributed by atoms with Crippen LogP contribution in [-0.4, -0.2) is 20.2 Å². The van der Waals surface area contributed by atoms with Crippen molar-refractivity contribution in [2.24, 2.45) is 23.7 Å². The number of carbonyl (C=O) groups is 1. The third kappa shape index (κ3) is 1.37. The maximum Gasteiger partial charge on any atom is 0.310 e. The highest BCUT2D eigenvalue weighted by Crippen LogP contribution is 2.53. The molecule has 82 valence electrons. The van der Waals surface area contributed by atoms with Gasteiger partial charge in [-0.25, -0.2) is 0 Å². The van der Waals surface area contributed by atoms with Crippen molar-refractivity contribution in [1.29, 1.82) is 0 Å². The number of hydrogen-bond acceptors (Lipinski definition) is 3. The first-order valence-electron chi connectivity index (χ1n) is 5.19. The fourth-order valence-electron chi connectivity index (χ4n) is 2.81. The fraction of sp³-hybridized carbons (Fsp3) is 0.583. The van der Waals surface area contributed by atoms with Crippen molar-refractivity contribution in [3.63, 3.8) is 0 Å². The van der Waals surface area contributed by atoms with Gasteiger partial charge in [0, 0.05) is 5.92 Å². The van der Waals surface area contributed by atoms with Gasteiger partial charge in [-0.05, 0) is 24.3 Å². The number of esters is 1. The number of ether oxygens (including phenoxy) is 2. The second-order valence-corrected chi connectivity index (χ2v) is 4.15. The molecule has 2 aliphatic rings. The first-order valence-corrected chi connectivity index (χ1v) is 5.19. The Hall–Kier alpha value is -1.25. The molecule has 3 nitrogen and oxygen atoms in total. The Labute approximate surface area is 89.8 Å². The lowest BCUT2D eigenvalue weighted by Crippen LogP contribution is -2.32. The van der Waals surface area contributed by atoms with Crippen LogP contribution in [0.2, 0.25) is 0 Å². The Balaban J connectivity index is 2.21. The van der Waals surface area contributed by atoms with E-state index in [1.54, 1.807) is 7.11 Å². The molecule has 0 saturated heterocycles. The molecule has 2 aliphatic carbocycles. The molecule has 0 N–H and O–H groups in total. The molecule has 1 saturated carbocycles. The van der Waals surface area contributed by atoms with Gasteiger partial charge in [0.15, 0.2) is 0 Å². The molecule has 0 spiro atoms. The summed E-state index contributed by atoms with van der Waals surface area (Å²) in [6.07, 6.45) is 4.95. The van der Waals surface area contributed by atoms with E-state index in [1.165, 1.54) is 7.11 Å². The van der Waals surface area contributed by atoms with E-state index < -0.39 is 0 Å². The smallest absolute Gasteiger partial charge is 0.310 e. The number of fused-ring (bicyclic) bond motifs is 1. The zero-order chi connectivity index (χ0) is 11.0. The number of allylic oxidation sites excluding steroid dienone is 3. The predicted molar refractivity (Wildman–Crippen MR) is 55.9 cm³/mol. The first kappa shape index (κ1) is 10.3. The normalized spacial score (nSPS) is 37.3. The van der Waals surface area contributed by atoms with E-state index in [-0.39, 0.29) is 23.7 Å². The van der Waals surface area contributed by atoms with E-state index in [0.717, 1.165) is 12.2 Å². The summed E-state index contributed by atoms with van der Waals surface area (Å²) in [6.45, 7) is 3.79. The standard InChI is InChI=1S/C12H16O3/c1-4-7-5-8-6-9(14-2)10(8)11(7)12(13)15-3/h4,6-8,10-11H,1,5H2,2-3H3/t7-,8-,10-,11-/m0/s1. The lowest BCUT2D eigenvalue weighted by Gasteiger charge is -2.31. The fourth-order valence-corrected chi connectivity index (χ4v) is 2.81. The molecule has 0 bridgehead atoms. The Kier molecular flexibility index (Phi) is 2.55. The van der Waals surface area contributed by atoms with E-state index in [1.807, 2.05) is 6.08 Å². The maximum absolute atomic E-state index is 11.7. The predicted octanol–water partition coefficient (Wildman–Crippen LogP) is 1.76. The average Bonchev–Trinajstić information content (AvgIpc) is 2.52. The summed E-state index contributed by atoms with van der Waals surface area (Å²) < 4.78 is 10.1. The molecule has 1 fully saturated rings. The van der Waals surface area contributed by atoms with Gasteiger partial charge in [-0.2, -0.15) is 0 Å². The van der Waals surface area contributed by atoms with E-state index >= 15 is 0 Å². The second-order valence-electron chi connectivity index (χ2n) is 4.15. The monoisotopic (exact) mass is 208 g/mol. The molecule has 0 aromatic rings. The van der Waals surface area contributed by atoms with Crippen LogP contribution in [0.1, 0.15) is 6.42 Å². The minimum absolute atomic E-state index is 0.0996.